The highest BCUT2D eigenvalue weighted by Crippen LogP contribution is 2.28. The normalized spacial score (nSPS) is 10.1. The van der Waals surface area contributed by atoms with Crippen LogP contribution in [0.1, 0.15) is 15.9 Å². The summed E-state index contributed by atoms with van der Waals surface area (Å²) in [6, 6.07) is 12.4. The van der Waals surface area contributed by atoms with Crippen LogP contribution in [0.5, 0.6) is 0 Å². The van der Waals surface area contributed by atoms with Crippen molar-refractivity contribution in [1.29, 1.82) is 0 Å². The average molecular weight is 261 g/mol. The van der Waals surface area contributed by atoms with Crippen molar-refractivity contribution < 1.29 is 4.79 Å². The van der Waals surface area contributed by atoms with Gasteiger partial charge in [0.15, 0.2) is 0 Å². The average Bonchev–Trinajstić information content (AvgIpc) is 2.34. The molecule has 0 aliphatic carbocycles. The molecule has 2 rings (SSSR count). The van der Waals surface area contributed by atoms with E-state index in [4.69, 9.17) is 17.3 Å². The van der Waals surface area contributed by atoms with Crippen LogP contribution in [0.2, 0.25) is 5.02 Å². The summed E-state index contributed by atoms with van der Waals surface area (Å²) in [5.74, 6) is -0.227. The molecule has 0 aliphatic heterocycles. The van der Waals surface area contributed by atoms with Gasteiger partial charge in [-0.05, 0) is 31.2 Å². The van der Waals surface area contributed by atoms with Gasteiger partial charge in [-0.3, -0.25) is 4.79 Å². The molecule has 3 N–H and O–H groups in total. The monoisotopic (exact) mass is 260 g/mol. The Morgan fingerprint density at radius 2 is 1.83 bits per heavy atom. The molecule has 0 aromatic heterocycles. The summed E-state index contributed by atoms with van der Waals surface area (Å²) in [6.07, 6.45) is 0. The van der Waals surface area contributed by atoms with E-state index >= 15 is 0 Å². The van der Waals surface area contributed by atoms with Crippen molar-refractivity contribution in [3.8, 4) is 0 Å². The predicted molar refractivity (Wildman–Crippen MR) is 75.0 cm³/mol. The van der Waals surface area contributed by atoms with Crippen molar-refractivity contribution >= 4 is 28.9 Å². The van der Waals surface area contributed by atoms with Crippen LogP contribution in [-0.2, 0) is 0 Å². The van der Waals surface area contributed by atoms with E-state index in [1.807, 2.05) is 19.1 Å². The smallest absolute Gasteiger partial charge is 0.255 e. The lowest BCUT2D eigenvalue weighted by Crippen LogP contribution is -2.13. The van der Waals surface area contributed by atoms with Gasteiger partial charge in [0.2, 0.25) is 0 Å². The summed E-state index contributed by atoms with van der Waals surface area (Å²) in [4.78, 5) is 12.0. The molecule has 0 unspecified atom stereocenters. The molecule has 0 fully saturated rings. The number of aryl methyl sites for hydroxylation is 1. The minimum absolute atomic E-state index is 0.227. The molecule has 0 radical (unpaired) electrons. The summed E-state index contributed by atoms with van der Waals surface area (Å²) >= 11 is 5.99. The lowest BCUT2D eigenvalue weighted by atomic mass is 10.1. The molecule has 0 atom stereocenters. The van der Waals surface area contributed by atoms with E-state index in [-0.39, 0.29) is 5.91 Å². The summed E-state index contributed by atoms with van der Waals surface area (Å²) in [6.45, 7) is 1.97. The van der Waals surface area contributed by atoms with Crippen LogP contribution >= 0.6 is 11.6 Å². The first kappa shape index (κ1) is 12.5. The number of halogens is 1. The Morgan fingerprint density at radius 1 is 1.17 bits per heavy atom. The van der Waals surface area contributed by atoms with Gasteiger partial charge in [-0.15, -0.1) is 0 Å². The second-order valence-electron chi connectivity index (χ2n) is 4.02. The van der Waals surface area contributed by atoms with E-state index in [9.17, 15) is 4.79 Å². The SMILES string of the molecule is Cc1ccc(C(=O)Nc2c(N)cccc2Cl)cc1. The topological polar surface area (TPSA) is 55.1 Å². The van der Waals surface area contributed by atoms with Crippen LogP contribution in [0.15, 0.2) is 42.5 Å². The molecule has 2 aromatic rings. The molecule has 0 saturated carbocycles. The third-order valence-corrected chi connectivity index (χ3v) is 2.91. The maximum atomic E-state index is 12.0. The van der Waals surface area contributed by atoms with Gasteiger partial charge in [0.05, 0.1) is 16.4 Å². The van der Waals surface area contributed by atoms with Crippen LogP contribution < -0.4 is 11.1 Å². The largest absolute Gasteiger partial charge is 0.397 e. The van der Waals surface area contributed by atoms with Gasteiger partial charge in [-0.2, -0.15) is 0 Å². The van der Waals surface area contributed by atoms with Crippen molar-refractivity contribution in [2.24, 2.45) is 0 Å². The highest BCUT2D eigenvalue weighted by atomic mass is 35.5. The first-order chi connectivity index (χ1) is 8.58. The zero-order chi connectivity index (χ0) is 13.1. The molecule has 0 heterocycles. The Hall–Kier alpha value is -2.00. The number of hydrogen-bond donors (Lipinski definition) is 2. The first-order valence-corrected chi connectivity index (χ1v) is 5.88. The van der Waals surface area contributed by atoms with Gasteiger partial charge in [0.1, 0.15) is 0 Å². The third-order valence-electron chi connectivity index (χ3n) is 2.60. The molecule has 0 aliphatic rings. The molecule has 0 saturated heterocycles. The number of carbonyl (C=O) groups excluding carboxylic acids is 1. The molecule has 1 amide bonds. The molecule has 3 nitrogen and oxygen atoms in total. The van der Waals surface area contributed by atoms with E-state index in [0.29, 0.717) is 22.0 Å². The molecular formula is C14H13ClN2O. The van der Waals surface area contributed by atoms with Crippen molar-refractivity contribution in [2.75, 3.05) is 11.1 Å². The number of hydrogen-bond acceptors (Lipinski definition) is 2. The Bertz CT molecular complexity index is 559. The molecular weight excluding hydrogens is 248 g/mol. The molecule has 0 bridgehead atoms. The first-order valence-electron chi connectivity index (χ1n) is 5.50. The summed E-state index contributed by atoms with van der Waals surface area (Å²) < 4.78 is 0. The Kier molecular flexibility index (Phi) is 3.53. The summed E-state index contributed by atoms with van der Waals surface area (Å²) in [5.41, 5.74) is 8.34. The van der Waals surface area contributed by atoms with Crippen LogP contribution in [0.4, 0.5) is 11.4 Å². The van der Waals surface area contributed by atoms with E-state index in [1.54, 1.807) is 30.3 Å². The quantitative estimate of drug-likeness (QED) is 0.812. The van der Waals surface area contributed by atoms with Crippen molar-refractivity contribution in [3.05, 3.63) is 58.6 Å². The second kappa shape index (κ2) is 5.10. The summed E-state index contributed by atoms with van der Waals surface area (Å²) in [7, 11) is 0. The maximum absolute atomic E-state index is 12.0. The zero-order valence-electron chi connectivity index (χ0n) is 9.91. The Balaban J connectivity index is 2.24. The van der Waals surface area contributed by atoms with Gasteiger partial charge in [-0.25, -0.2) is 0 Å². The standard InChI is InChI=1S/C14H13ClN2O/c1-9-5-7-10(8-6-9)14(18)17-13-11(15)3-2-4-12(13)16/h2-8H,16H2,1H3,(H,17,18). The fourth-order valence-electron chi connectivity index (χ4n) is 1.56. The number of nitrogens with one attached hydrogen (secondary N) is 1. The minimum Gasteiger partial charge on any atom is -0.397 e. The number of carbonyl (C=O) groups is 1. The van der Waals surface area contributed by atoms with Crippen LogP contribution in [0.25, 0.3) is 0 Å². The van der Waals surface area contributed by atoms with Crippen LogP contribution in [0, 0.1) is 6.92 Å². The minimum atomic E-state index is -0.227. The van der Waals surface area contributed by atoms with Gasteiger partial charge >= 0.3 is 0 Å². The van der Waals surface area contributed by atoms with Crippen LogP contribution in [-0.4, -0.2) is 5.91 Å². The van der Waals surface area contributed by atoms with Gasteiger partial charge < -0.3 is 11.1 Å². The number of para-hydroxylation sites is 1. The van der Waals surface area contributed by atoms with E-state index in [2.05, 4.69) is 5.32 Å². The van der Waals surface area contributed by atoms with Gasteiger partial charge in [0.25, 0.3) is 5.91 Å². The number of rotatable bonds is 2. The summed E-state index contributed by atoms with van der Waals surface area (Å²) in [5, 5.41) is 3.14. The number of nitrogens with two attached hydrogens (primary N) is 1. The molecule has 92 valence electrons. The lowest BCUT2D eigenvalue weighted by molar-refractivity contribution is 0.102. The van der Waals surface area contributed by atoms with Crippen molar-refractivity contribution in [1.82, 2.24) is 0 Å². The highest BCUT2D eigenvalue weighted by molar-refractivity contribution is 6.34. The molecule has 0 spiro atoms. The Labute approximate surface area is 111 Å². The van der Waals surface area contributed by atoms with Crippen LogP contribution in [0.3, 0.4) is 0 Å². The Morgan fingerprint density at radius 3 is 2.44 bits per heavy atom. The molecule has 18 heavy (non-hydrogen) atoms. The number of nitrogen functional groups attached to an aromatic ring is 1. The molecule has 4 heteroatoms. The number of amides is 1. The van der Waals surface area contributed by atoms with E-state index < -0.39 is 0 Å². The molecule has 2 aromatic carbocycles. The predicted octanol–water partition coefficient (Wildman–Crippen LogP) is 3.48. The van der Waals surface area contributed by atoms with E-state index in [0.717, 1.165) is 5.56 Å². The third kappa shape index (κ3) is 2.63. The second-order valence-corrected chi connectivity index (χ2v) is 4.43. The number of benzene rings is 2. The van der Waals surface area contributed by atoms with Gasteiger partial charge in [-0.1, -0.05) is 35.4 Å². The van der Waals surface area contributed by atoms with E-state index in [1.165, 1.54) is 0 Å². The van der Waals surface area contributed by atoms with Crippen molar-refractivity contribution in [3.63, 3.8) is 0 Å². The lowest BCUT2D eigenvalue weighted by Gasteiger charge is -2.10. The fraction of sp³-hybridized carbons (Fsp3) is 0.0714. The fourth-order valence-corrected chi connectivity index (χ4v) is 1.79. The van der Waals surface area contributed by atoms with Crippen molar-refractivity contribution in [2.45, 2.75) is 6.92 Å². The maximum Gasteiger partial charge on any atom is 0.255 e. The number of anilines is 2. The zero-order valence-corrected chi connectivity index (χ0v) is 10.7. The highest BCUT2D eigenvalue weighted by Gasteiger charge is 2.10. The van der Waals surface area contributed by atoms with Gasteiger partial charge in [0, 0.05) is 5.56 Å².